The molecule has 1 saturated carbocycles. The average Bonchev–Trinajstić information content (AvgIpc) is 2.72. The van der Waals surface area contributed by atoms with Gasteiger partial charge in [0.25, 0.3) is 5.69 Å². The van der Waals surface area contributed by atoms with Crippen LogP contribution in [0.5, 0.6) is 0 Å². The van der Waals surface area contributed by atoms with E-state index >= 15 is 0 Å². The van der Waals surface area contributed by atoms with Gasteiger partial charge in [-0.15, -0.1) is 4.91 Å². The quantitative estimate of drug-likeness (QED) is 0.373. The first-order valence-electron chi connectivity index (χ1n) is 9.29. The first-order valence-corrected chi connectivity index (χ1v) is 9.29. The van der Waals surface area contributed by atoms with Crippen molar-refractivity contribution in [3.63, 3.8) is 0 Å². The van der Waals surface area contributed by atoms with Gasteiger partial charge in [0.2, 0.25) is 0 Å². The Kier molecular flexibility index (Phi) is 6.35. The number of nitrogens with one attached hydrogen (secondary N) is 2. The second-order valence-corrected chi connectivity index (χ2v) is 7.10. The van der Waals surface area contributed by atoms with E-state index < -0.39 is 0 Å². The number of hydrogen-bond acceptors (Lipinski definition) is 6. The minimum absolute atomic E-state index is 0.112. The van der Waals surface area contributed by atoms with Gasteiger partial charge >= 0.3 is 0 Å². The van der Waals surface area contributed by atoms with Crippen LogP contribution in [-0.2, 0) is 0 Å². The molecule has 2 unspecified atom stereocenters. The maximum absolute atomic E-state index is 10.7. The van der Waals surface area contributed by atoms with E-state index in [1.54, 1.807) is 24.3 Å². The lowest BCUT2D eigenvalue weighted by Gasteiger charge is -2.30. The van der Waals surface area contributed by atoms with Crippen molar-refractivity contribution in [3.05, 3.63) is 63.6 Å². The van der Waals surface area contributed by atoms with Crippen LogP contribution in [0.4, 0.5) is 22.7 Å². The van der Waals surface area contributed by atoms with Gasteiger partial charge in [-0.25, -0.2) is 0 Å². The lowest BCUT2D eigenvalue weighted by molar-refractivity contribution is -0.384. The number of benzene rings is 2. The molecule has 2 aromatic carbocycles. The molecule has 142 valence electrons. The van der Waals surface area contributed by atoms with E-state index in [-0.39, 0.29) is 10.6 Å². The molecule has 0 aliphatic heterocycles. The largest absolute Gasteiger partial charge is 0.385 e. The molecule has 2 atom stereocenters. The minimum Gasteiger partial charge on any atom is -0.385 e. The number of anilines is 2. The number of nitro benzene ring substituents is 1. The molecule has 0 spiro atoms. The van der Waals surface area contributed by atoms with E-state index in [4.69, 9.17) is 0 Å². The molecule has 0 aromatic heterocycles. The molecule has 0 bridgehead atoms. The molecule has 0 saturated heterocycles. The lowest BCUT2D eigenvalue weighted by Crippen LogP contribution is -2.26. The highest BCUT2D eigenvalue weighted by molar-refractivity contribution is 5.51. The Balaban J connectivity index is 1.44. The zero-order valence-electron chi connectivity index (χ0n) is 15.1. The summed E-state index contributed by atoms with van der Waals surface area (Å²) in [5, 5.41) is 20.5. The Bertz CT molecular complexity index is 762. The summed E-state index contributed by atoms with van der Waals surface area (Å²) < 4.78 is 0. The highest BCUT2D eigenvalue weighted by Gasteiger charge is 2.21. The molecular weight excluding hydrogens is 344 g/mol. The summed E-state index contributed by atoms with van der Waals surface area (Å²) in [5.74, 6) is 1.22. The maximum atomic E-state index is 10.7. The maximum Gasteiger partial charge on any atom is 0.269 e. The number of nitroso groups, excluding NO2 is 1. The number of hydrogen-bond donors (Lipinski definition) is 2. The van der Waals surface area contributed by atoms with E-state index in [1.807, 2.05) is 12.1 Å². The molecule has 0 amide bonds. The van der Waals surface area contributed by atoms with Crippen LogP contribution in [-0.4, -0.2) is 18.0 Å². The lowest BCUT2D eigenvalue weighted by atomic mass is 9.81. The number of nitro groups is 1. The topological polar surface area (TPSA) is 96.6 Å². The van der Waals surface area contributed by atoms with Crippen LogP contribution in [0, 0.1) is 26.9 Å². The first-order chi connectivity index (χ1) is 13.1. The van der Waals surface area contributed by atoms with Gasteiger partial charge in [-0.05, 0) is 72.7 Å². The fourth-order valence-corrected chi connectivity index (χ4v) is 3.64. The molecule has 1 aliphatic carbocycles. The van der Waals surface area contributed by atoms with Gasteiger partial charge in [-0.2, -0.15) is 0 Å². The van der Waals surface area contributed by atoms with E-state index in [9.17, 15) is 15.0 Å². The standard InChI is InChI=1S/C20H24N4O3/c25-23-19-6-4-17(5-7-19)21-13-15-2-1-3-16(12-15)14-22-18-8-10-20(11-9-18)24(26)27/h4-11,15-16,21-22H,1-3,12-14H2. The fourth-order valence-electron chi connectivity index (χ4n) is 3.64. The van der Waals surface area contributed by atoms with Crippen LogP contribution in [0.2, 0.25) is 0 Å². The van der Waals surface area contributed by atoms with E-state index in [0.29, 0.717) is 17.5 Å². The van der Waals surface area contributed by atoms with Crippen LogP contribution in [0.15, 0.2) is 53.7 Å². The van der Waals surface area contributed by atoms with Gasteiger partial charge in [-0.3, -0.25) is 10.1 Å². The molecule has 7 nitrogen and oxygen atoms in total. The molecule has 2 N–H and O–H groups in total. The third-order valence-electron chi connectivity index (χ3n) is 5.13. The Labute approximate surface area is 158 Å². The van der Waals surface area contributed by atoms with Crippen LogP contribution in [0.1, 0.15) is 25.7 Å². The molecule has 1 aliphatic rings. The molecular formula is C20H24N4O3. The summed E-state index contributed by atoms with van der Waals surface area (Å²) in [7, 11) is 0. The Morgan fingerprint density at radius 1 is 0.926 bits per heavy atom. The van der Waals surface area contributed by atoms with E-state index in [0.717, 1.165) is 30.9 Å². The van der Waals surface area contributed by atoms with Crippen molar-refractivity contribution in [1.29, 1.82) is 0 Å². The third kappa shape index (κ3) is 5.51. The molecule has 0 radical (unpaired) electrons. The molecule has 1 fully saturated rings. The summed E-state index contributed by atoms with van der Waals surface area (Å²) >= 11 is 0. The van der Waals surface area contributed by atoms with Crippen molar-refractivity contribution in [2.45, 2.75) is 25.7 Å². The van der Waals surface area contributed by atoms with Crippen LogP contribution in [0.25, 0.3) is 0 Å². The minimum atomic E-state index is -0.383. The number of non-ortho nitro benzene ring substituents is 1. The smallest absolute Gasteiger partial charge is 0.269 e. The fraction of sp³-hybridized carbons (Fsp3) is 0.400. The molecule has 0 heterocycles. The first kappa shape index (κ1) is 18.8. The zero-order chi connectivity index (χ0) is 19.1. The molecule has 27 heavy (non-hydrogen) atoms. The predicted octanol–water partition coefficient (Wildman–Crippen LogP) is 5.32. The van der Waals surface area contributed by atoms with Crippen LogP contribution >= 0.6 is 0 Å². The Morgan fingerprint density at radius 2 is 1.44 bits per heavy atom. The van der Waals surface area contributed by atoms with E-state index in [2.05, 4.69) is 15.8 Å². The molecule has 2 aromatic rings. The van der Waals surface area contributed by atoms with Crippen molar-refractivity contribution in [2.75, 3.05) is 23.7 Å². The van der Waals surface area contributed by atoms with Crippen molar-refractivity contribution in [2.24, 2.45) is 17.0 Å². The Morgan fingerprint density at radius 3 is 1.93 bits per heavy atom. The molecule has 7 heteroatoms. The van der Waals surface area contributed by atoms with Gasteiger partial charge in [0.15, 0.2) is 0 Å². The highest BCUT2D eigenvalue weighted by Crippen LogP contribution is 2.30. The summed E-state index contributed by atoms with van der Waals surface area (Å²) in [6.07, 6.45) is 4.79. The van der Waals surface area contributed by atoms with Crippen molar-refractivity contribution in [3.8, 4) is 0 Å². The van der Waals surface area contributed by atoms with E-state index in [1.165, 1.54) is 31.4 Å². The average molecular weight is 368 g/mol. The monoisotopic (exact) mass is 368 g/mol. The zero-order valence-corrected chi connectivity index (χ0v) is 15.1. The Hall–Kier alpha value is -2.96. The van der Waals surface area contributed by atoms with Crippen molar-refractivity contribution >= 4 is 22.7 Å². The second-order valence-electron chi connectivity index (χ2n) is 7.10. The highest BCUT2D eigenvalue weighted by atomic mass is 16.6. The summed E-state index contributed by atoms with van der Waals surface area (Å²) in [6, 6.07) is 13.8. The number of nitrogens with zero attached hydrogens (tertiary/aromatic N) is 2. The van der Waals surface area contributed by atoms with Gasteiger partial charge < -0.3 is 10.6 Å². The SMILES string of the molecule is O=Nc1ccc(NCC2CCCC(CNc3ccc([N+](=O)[O-])cc3)C2)cc1. The van der Waals surface area contributed by atoms with Gasteiger partial charge in [0.1, 0.15) is 5.69 Å². The molecule has 3 rings (SSSR count). The number of rotatable bonds is 8. The van der Waals surface area contributed by atoms with Gasteiger partial charge in [-0.1, -0.05) is 6.42 Å². The summed E-state index contributed by atoms with van der Waals surface area (Å²) in [5.41, 5.74) is 2.48. The summed E-state index contributed by atoms with van der Waals surface area (Å²) in [6.45, 7) is 1.80. The van der Waals surface area contributed by atoms with Crippen molar-refractivity contribution < 1.29 is 4.92 Å². The summed E-state index contributed by atoms with van der Waals surface area (Å²) in [4.78, 5) is 20.8. The second kappa shape index (κ2) is 9.12. The van der Waals surface area contributed by atoms with Gasteiger partial charge in [0, 0.05) is 36.6 Å². The van der Waals surface area contributed by atoms with Gasteiger partial charge in [0.05, 0.1) is 4.92 Å². The van der Waals surface area contributed by atoms with Crippen LogP contribution < -0.4 is 10.6 Å². The normalized spacial score (nSPS) is 19.3. The van der Waals surface area contributed by atoms with Crippen LogP contribution in [0.3, 0.4) is 0 Å². The predicted molar refractivity (Wildman–Crippen MR) is 107 cm³/mol. The third-order valence-corrected chi connectivity index (χ3v) is 5.13. The van der Waals surface area contributed by atoms with Crippen molar-refractivity contribution in [1.82, 2.24) is 0 Å².